The summed E-state index contributed by atoms with van der Waals surface area (Å²) in [6.45, 7) is 0.723. The summed E-state index contributed by atoms with van der Waals surface area (Å²) in [5.74, 6) is -0.571. The van der Waals surface area contributed by atoms with Crippen molar-refractivity contribution < 1.29 is 18.0 Å². The van der Waals surface area contributed by atoms with E-state index < -0.39 is 10.0 Å². The first kappa shape index (κ1) is 21.6. The smallest absolute Gasteiger partial charge is 0.251 e. The van der Waals surface area contributed by atoms with Gasteiger partial charge < -0.3 is 16.4 Å². The molecule has 2 fully saturated rings. The Morgan fingerprint density at radius 2 is 1.85 bits per heavy atom. The molecule has 2 amide bonds. The second-order valence-electron chi connectivity index (χ2n) is 6.86. The molecule has 0 radical (unpaired) electrons. The van der Waals surface area contributed by atoms with Gasteiger partial charge in [-0.05, 0) is 37.1 Å². The van der Waals surface area contributed by atoms with Gasteiger partial charge in [0.1, 0.15) is 0 Å². The molecule has 1 saturated carbocycles. The van der Waals surface area contributed by atoms with Gasteiger partial charge in [-0.25, -0.2) is 8.42 Å². The van der Waals surface area contributed by atoms with Gasteiger partial charge >= 0.3 is 0 Å². The van der Waals surface area contributed by atoms with Crippen molar-refractivity contribution in [1.29, 1.82) is 0 Å². The second-order valence-corrected chi connectivity index (χ2v) is 8.80. The number of hydrogen-bond acceptors (Lipinski definition) is 5. The maximum absolute atomic E-state index is 12.6. The zero-order valence-electron chi connectivity index (χ0n) is 14.9. The minimum absolute atomic E-state index is 0. The number of carbonyl (C=O) groups excluding carboxylic acids is 2. The normalized spacial score (nSPS) is 19.8. The molecule has 150 valence electrons. The number of nitrogens with two attached hydrogens (primary N) is 1. The average molecular weight is 417 g/mol. The van der Waals surface area contributed by atoms with Gasteiger partial charge in [-0.15, -0.1) is 12.4 Å². The van der Waals surface area contributed by atoms with Crippen molar-refractivity contribution in [2.45, 2.75) is 36.1 Å². The number of amides is 2. The van der Waals surface area contributed by atoms with Gasteiger partial charge in [0.25, 0.3) is 5.91 Å². The van der Waals surface area contributed by atoms with Gasteiger partial charge in [0.05, 0.1) is 17.0 Å². The minimum Gasteiger partial charge on any atom is -0.354 e. The highest BCUT2D eigenvalue weighted by atomic mass is 35.5. The van der Waals surface area contributed by atoms with Gasteiger partial charge in [-0.1, -0.05) is 12.8 Å². The monoisotopic (exact) mass is 416 g/mol. The Morgan fingerprint density at radius 1 is 1.22 bits per heavy atom. The first-order valence-corrected chi connectivity index (χ1v) is 10.2. The van der Waals surface area contributed by atoms with Crippen LogP contribution in [-0.4, -0.2) is 56.3 Å². The third-order valence-corrected chi connectivity index (χ3v) is 6.95. The molecule has 10 heteroatoms. The van der Waals surface area contributed by atoms with Crippen molar-refractivity contribution in [2.24, 2.45) is 5.73 Å². The fourth-order valence-electron chi connectivity index (χ4n) is 3.49. The lowest BCUT2D eigenvalue weighted by Gasteiger charge is -2.28. The molecule has 3 rings (SSSR count). The number of nitrogens with zero attached hydrogens (tertiary/aromatic N) is 1. The van der Waals surface area contributed by atoms with Crippen LogP contribution in [0.4, 0.5) is 0 Å². The van der Waals surface area contributed by atoms with Crippen molar-refractivity contribution in [1.82, 2.24) is 14.9 Å². The Labute approximate surface area is 165 Å². The van der Waals surface area contributed by atoms with Crippen LogP contribution in [0.1, 0.15) is 36.0 Å². The van der Waals surface area contributed by atoms with Gasteiger partial charge in [0.2, 0.25) is 15.9 Å². The van der Waals surface area contributed by atoms with Crippen LogP contribution < -0.4 is 16.4 Å². The quantitative estimate of drug-likeness (QED) is 0.634. The summed E-state index contributed by atoms with van der Waals surface area (Å²) in [7, 11) is -3.76. The zero-order valence-corrected chi connectivity index (χ0v) is 16.6. The third-order valence-electron chi connectivity index (χ3n) is 5.09. The van der Waals surface area contributed by atoms with Crippen molar-refractivity contribution in [3.05, 3.63) is 29.8 Å². The molecule has 1 heterocycles. The van der Waals surface area contributed by atoms with Crippen molar-refractivity contribution in [3.8, 4) is 0 Å². The number of rotatable bonds is 5. The number of halogens is 1. The van der Waals surface area contributed by atoms with Crippen LogP contribution in [0, 0.1) is 0 Å². The molecule has 1 saturated heterocycles. The summed E-state index contributed by atoms with van der Waals surface area (Å²) in [4.78, 5) is 24.0. The number of piperazine rings is 1. The Bertz CT molecular complexity index is 792. The molecule has 1 aromatic carbocycles. The summed E-state index contributed by atoms with van der Waals surface area (Å²) in [6.07, 6.45) is 3.80. The number of hydrogen-bond donors (Lipinski definition) is 3. The average Bonchev–Trinajstić information content (AvgIpc) is 3.11. The first-order chi connectivity index (χ1) is 12.4. The van der Waals surface area contributed by atoms with Crippen molar-refractivity contribution in [2.75, 3.05) is 26.2 Å². The molecule has 1 aromatic rings. The lowest BCUT2D eigenvalue weighted by atomic mass is 9.97. The summed E-state index contributed by atoms with van der Waals surface area (Å²) in [6, 6.07) is 5.79. The van der Waals surface area contributed by atoms with Crippen LogP contribution in [-0.2, 0) is 14.8 Å². The van der Waals surface area contributed by atoms with Crippen LogP contribution >= 0.6 is 12.4 Å². The first-order valence-electron chi connectivity index (χ1n) is 8.76. The molecule has 27 heavy (non-hydrogen) atoms. The fraction of sp³-hybridized carbons (Fsp3) is 0.529. The highest BCUT2D eigenvalue weighted by molar-refractivity contribution is 7.89. The Hall–Kier alpha value is -1.68. The topological polar surface area (TPSA) is 122 Å². The molecule has 4 N–H and O–H groups in total. The molecule has 0 bridgehead atoms. The fourth-order valence-corrected chi connectivity index (χ4v) is 4.89. The van der Waals surface area contributed by atoms with E-state index in [0.717, 1.165) is 30.0 Å². The lowest BCUT2D eigenvalue weighted by molar-refractivity contribution is -0.122. The van der Waals surface area contributed by atoms with E-state index in [1.165, 1.54) is 24.3 Å². The van der Waals surface area contributed by atoms with Crippen LogP contribution in [0.15, 0.2) is 29.2 Å². The number of carbonyl (C=O) groups is 2. The van der Waals surface area contributed by atoms with E-state index in [4.69, 9.17) is 5.73 Å². The molecule has 8 nitrogen and oxygen atoms in total. The largest absolute Gasteiger partial charge is 0.354 e. The number of sulfonamides is 1. The van der Waals surface area contributed by atoms with E-state index in [-0.39, 0.29) is 47.7 Å². The molecule has 0 spiro atoms. The molecule has 2 aliphatic rings. The predicted octanol–water partition coefficient (Wildman–Crippen LogP) is 0.230. The number of benzene rings is 1. The third kappa shape index (κ3) is 4.60. The molecule has 0 aromatic heterocycles. The second kappa shape index (κ2) is 8.55. The van der Waals surface area contributed by atoms with E-state index in [0.29, 0.717) is 18.7 Å². The van der Waals surface area contributed by atoms with E-state index in [2.05, 4.69) is 10.6 Å². The van der Waals surface area contributed by atoms with Gasteiger partial charge in [-0.2, -0.15) is 4.31 Å². The highest BCUT2D eigenvalue weighted by Gasteiger charge is 2.34. The molecular formula is C17H25ClN4O4S. The number of nitrogens with one attached hydrogen (secondary N) is 2. The maximum atomic E-state index is 12.6. The lowest BCUT2D eigenvalue weighted by Crippen LogP contribution is -2.51. The highest BCUT2D eigenvalue weighted by Crippen LogP contribution is 2.29. The molecule has 1 aliphatic carbocycles. The van der Waals surface area contributed by atoms with Crippen LogP contribution in [0.2, 0.25) is 0 Å². The summed E-state index contributed by atoms with van der Waals surface area (Å²) in [5.41, 5.74) is 5.87. The van der Waals surface area contributed by atoms with Crippen molar-refractivity contribution >= 4 is 34.2 Å². The van der Waals surface area contributed by atoms with E-state index >= 15 is 0 Å². The van der Waals surface area contributed by atoms with Crippen LogP contribution in [0.25, 0.3) is 0 Å². The maximum Gasteiger partial charge on any atom is 0.251 e. The standard InChI is InChI=1S/C17H24N4O4S.ClH/c18-12-17(7-1-2-8-17)20-16(23)13-3-5-14(6-4-13)26(24,25)21-10-9-19-15(22)11-21;/h3-6H,1-2,7-12,18H2,(H,19,22)(H,20,23);1H. The molecular weight excluding hydrogens is 392 g/mol. The Balaban J connectivity index is 0.00000261. The summed E-state index contributed by atoms with van der Waals surface area (Å²) < 4.78 is 26.4. The van der Waals surface area contributed by atoms with E-state index in [1.807, 2.05) is 0 Å². The SMILES string of the molecule is Cl.NCC1(NC(=O)c2ccc(S(=O)(=O)N3CCNC(=O)C3)cc2)CCCC1. The predicted molar refractivity (Wildman–Crippen MR) is 103 cm³/mol. The summed E-state index contributed by atoms with van der Waals surface area (Å²) in [5, 5.41) is 5.60. The van der Waals surface area contributed by atoms with Gasteiger partial charge in [0.15, 0.2) is 0 Å². The van der Waals surface area contributed by atoms with Gasteiger partial charge in [-0.3, -0.25) is 9.59 Å². The molecule has 1 aliphatic heterocycles. The van der Waals surface area contributed by atoms with Gasteiger partial charge in [0, 0.05) is 25.2 Å². The molecule has 0 unspecified atom stereocenters. The zero-order chi connectivity index (χ0) is 18.8. The van der Waals surface area contributed by atoms with Crippen molar-refractivity contribution in [3.63, 3.8) is 0 Å². The van der Waals surface area contributed by atoms with E-state index in [9.17, 15) is 18.0 Å². The Kier molecular flexibility index (Phi) is 6.85. The van der Waals surface area contributed by atoms with Crippen LogP contribution in [0.3, 0.4) is 0 Å². The Morgan fingerprint density at radius 3 is 2.41 bits per heavy atom. The van der Waals surface area contributed by atoms with Crippen LogP contribution in [0.5, 0.6) is 0 Å². The minimum atomic E-state index is -3.76. The van der Waals surface area contributed by atoms with E-state index in [1.54, 1.807) is 0 Å². The summed E-state index contributed by atoms with van der Waals surface area (Å²) >= 11 is 0. The molecule has 0 atom stereocenters.